The fourth-order valence-electron chi connectivity index (χ4n) is 3.07. The SMILES string of the molecule is Cc1ccc(C2=NS(=O)N(c3ccc(C)cc3)C(c3ccccc3)=C2Br)cc1. The maximum atomic E-state index is 13.3. The topological polar surface area (TPSA) is 32.7 Å². The third-order valence-corrected chi connectivity index (χ3v) is 6.38. The van der Waals surface area contributed by atoms with Gasteiger partial charge in [0, 0.05) is 11.1 Å². The van der Waals surface area contributed by atoms with E-state index in [2.05, 4.69) is 20.3 Å². The molecule has 0 amide bonds. The zero-order valence-corrected chi connectivity index (χ0v) is 18.0. The maximum absolute atomic E-state index is 13.3. The van der Waals surface area contributed by atoms with Crippen LogP contribution in [-0.4, -0.2) is 9.92 Å². The fourth-order valence-corrected chi connectivity index (χ4v) is 5.12. The maximum Gasteiger partial charge on any atom is 0.251 e. The largest absolute Gasteiger partial charge is 0.251 e. The number of nitrogens with zero attached hydrogens (tertiary/aromatic N) is 2. The Balaban J connectivity index is 1.91. The van der Waals surface area contributed by atoms with Crippen LogP contribution in [0.4, 0.5) is 5.69 Å². The van der Waals surface area contributed by atoms with E-state index in [9.17, 15) is 4.21 Å². The highest BCUT2D eigenvalue weighted by molar-refractivity contribution is 9.12. The van der Waals surface area contributed by atoms with Crippen molar-refractivity contribution in [2.45, 2.75) is 13.8 Å². The number of rotatable bonds is 3. The molecule has 3 nitrogen and oxygen atoms in total. The minimum Gasteiger partial charge on any atom is -0.239 e. The molecule has 1 atom stereocenters. The third-order valence-electron chi connectivity index (χ3n) is 4.59. The van der Waals surface area contributed by atoms with Gasteiger partial charge in [-0.05, 0) is 41.9 Å². The summed E-state index contributed by atoms with van der Waals surface area (Å²) in [5.41, 5.74) is 6.61. The van der Waals surface area contributed by atoms with Crippen molar-refractivity contribution in [2.24, 2.45) is 4.40 Å². The van der Waals surface area contributed by atoms with E-state index in [1.54, 1.807) is 4.31 Å². The van der Waals surface area contributed by atoms with Crippen molar-refractivity contribution in [2.75, 3.05) is 4.31 Å². The van der Waals surface area contributed by atoms with Gasteiger partial charge >= 0.3 is 0 Å². The van der Waals surface area contributed by atoms with Crippen molar-refractivity contribution < 1.29 is 4.21 Å². The summed E-state index contributed by atoms with van der Waals surface area (Å²) in [7, 11) is 0. The van der Waals surface area contributed by atoms with E-state index >= 15 is 0 Å². The van der Waals surface area contributed by atoms with Crippen LogP contribution in [0.1, 0.15) is 22.3 Å². The molecule has 0 N–H and O–H groups in total. The molecule has 0 spiro atoms. The van der Waals surface area contributed by atoms with E-state index in [-0.39, 0.29) is 0 Å². The first-order valence-electron chi connectivity index (χ1n) is 8.95. The van der Waals surface area contributed by atoms with E-state index < -0.39 is 11.2 Å². The molecule has 0 fully saturated rings. The van der Waals surface area contributed by atoms with Crippen LogP contribution in [0.2, 0.25) is 0 Å². The number of aryl methyl sites for hydroxylation is 2. The molecule has 0 aromatic heterocycles. The van der Waals surface area contributed by atoms with Crippen molar-refractivity contribution in [3.8, 4) is 0 Å². The van der Waals surface area contributed by atoms with Crippen molar-refractivity contribution in [1.82, 2.24) is 0 Å². The number of hydrogen-bond donors (Lipinski definition) is 0. The summed E-state index contributed by atoms with van der Waals surface area (Å²) in [4.78, 5) is 0. The number of benzene rings is 3. The zero-order chi connectivity index (χ0) is 19.7. The second kappa shape index (κ2) is 7.86. The molecule has 28 heavy (non-hydrogen) atoms. The monoisotopic (exact) mass is 450 g/mol. The molecular weight excluding hydrogens is 432 g/mol. The van der Waals surface area contributed by atoms with Crippen LogP contribution in [0.25, 0.3) is 5.70 Å². The normalized spacial score (nSPS) is 16.9. The summed E-state index contributed by atoms with van der Waals surface area (Å²) < 4.78 is 20.4. The third kappa shape index (κ3) is 3.60. The van der Waals surface area contributed by atoms with Gasteiger partial charge < -0.3 is 0 Å². The number of halogens is 1. The standard InChI is InChI=1S/C23H19BrN2OS/c1-16-8-12-18(13-9-16)22-21(24)23(19-6-4-3-5-7-19)26(28(27)25-22)20-14-10-17(2)11-15-20/h3-15H,1-2H3. The van der Waals surface area contributed by atoms with Gasteiger partial charge in [-0.1, -0.05) is 77.9 Å². The highest BCUT2D eigenvalue weighted by Gasteiger charge is 2.30. The molecule has 1 aliphatic heterocycles. The summed E-state index contributed by atoms with van der Waals surface area (Å²) in [5.74, 6) is 0. The summed E-state index contributed by atoms with van der Waals surface area (Å²) in [5, 5.41) is 0. The Hall–Kier alpha value is -2.50. The molecule has 3 aromatic rings. The molecule has 3 aromatic carbocycles. The van der Waals surface area contributed by atoms with Crippen molar-refractivity contribution in [1.29, 1.82) is 0 Å². The Bertz CT molecular complexity index is 1090. The highest BCUT2D eigenvalue weighted by atomic mass is 79.9. The Morgan fingerprint density at radius 1 is 0.786 bits per heavy atom. The molecule has 4 rings (SSSR count). The van der Waals surface area contributed by atoms with E-state index in [0.29, 0.717) is 5.71 Å². The van der Waals surface area contributed by atoms with Gasteiger partial charge in [0.2, 0.25) is 0 Å². The van der Waals surface area contributed by atoms with Crippen LogP contribution in [0.5, 0.6) is 0 Å². The Labute approximate surface area is 176 Å². The molecule has 0 aliphatic carbocycles. The predicted molar refractivity (Wildman–Crippen MR) is 122 cm³/mol. The van der Waals surface area contributed by atoms with Gasteiger partial charge in [0.25, 0.3) is 11.2 Å². The van der Waals surface area contributed by atoms with Gasteiger partial charge in [-0.3, -0.25) is 0 Å². The average Bonchev–Trinajstić information content (AvgIpc) is 2.71. The molecule has 5 heteroatoms. The molecular formula is C23H19BrN2OS. The van der Waals surface area contributed by atoms with E-state index in [1.165, 1.54) is 5.56 Å². The summed E-state index contributed by atoms with van der Waals surface area (Å²) in [6.45, 7) is 4.08. The summed E-state index contributed by atoms with van der Waals surface area (Å²) >= 11 is 2.18. The van der Waals surface area contributed by atoms with Crippen LogP contribution in [0.3, 0.4) is 0 Å². The minimum absolute atomic E-state index is 0.695. The fraction of sp³-hybridized carbons (Fsp3) is 0.0870. The van der Waals surface area contributed by atoms with Crippen LogP contribution in [0.15, 0.2) is 87.7 Å². The van der Waals surface area contributed by atoms with Gasteiger partial charge in [0.1, 0.15) is 0 Å². The summed E-state index contributed by atoms with van der Waals surface area (Å²) in [6, 6.07) is 26.1. The lowest BCUT2D eigenvalue weighted by atomic mass is 10.0. The molecule has 0 saturated heterocycles. The zero-order valence-electron chi connectivity index (χ0n) is 15.6. The van der Waals surface area contributed by atoms with Crippen LogP contribution in [-0.2, 0) is 11.2 Å². The van der Waals surface area contributed by atoms with Crippen LogP contribution in [0, 0.1) is 13.8 Å². The first-order valence-corrected chi connectivity index (χ1v) is 10.8. The number of anilines is 1. The molecule has 1 heterocycles. The lowest BCUT2D eigenvalue weighted by Crippen LogP contribution is -2.29. The highest BCUT2D eigenvalue weighted by Crippen LogP contribution is 2.38. The van der Waals surface area contributed by atoms with Crippen molar-refractivity contribution in [3.05, 3.63) is 106 Å². The van der Waals surface area contributed by atoms with Gasteiger partial charge in [-0.15, -0.1) is 0 Å². The molecule has 0 saturated carbocycles. The van der Waals surface area contributed by atoms with Gasteiger partial charge in [-0.2, -0.15) is 4.40 Å². The minimum atomic E-state index is -1.59. The quantitative estimate of drug-likeness (QED) is 0.484. The van der Waals surface area contributed by atoms with Crippen molar-refractivity contribution >= 4 is 44.2 Å². The molecule has 1 unspecified atom stereocenters. The Morgan fingerprint density at radius 2 is 1.36 bits per heavy atom. The van der Waals surface area contributed by atoms with Crippen molar-refractivity contribution in [3.63, 3.8) is 0 Å². The smallest absolute Gasteiger partial charge is 0.239 e. The second-order valence-corrected chi connectivity index (χ2v) is 8.50. The number of hydrogen-bond acceptors (Lipinski definition) is 1. The first-order chi connectivity index (χ1) is 13.5. The Kier molecular flexibility index (Phi) is 5.29. The van der Waals surface area contributed by atoms with Gasteiger partial charge in [0.15, 0.2) is 0 Å². The van der Waals surface area contributed by atoms with Crippen LogP contribution < -0.4 is 4.31 Å². The lowest BCUT2D eigenvalue weighted by molar-refractivity contribution is 0.684. The first kappa shape index (κ1) is 18.8. The second-order valence-electron chi connectivity index (χ2n) is 6.70. The molecule has 1 aliphatic rings. The summed E-state index contributed by atoms with van der Waals surface area (Å²) in [6.07, 6.45) is 0. The van der Waals surface area contributed by atoms with E-state index in [4.69, 9.17) is 0 Å². The average molecular weight is 451 g/mol. The van der Waals surface area contributed by atoms with Gasteiger partial charge in [0.05, 0.1) is 21.6 Å². The molecule has 0 bridgehead atoms. The van der Waals surface area contributed by atoms with E-state index in [0.717, 1.165) is 32.6 Å². The van der Waals surface area contributed by atoms with Crippen LogP contribution >= 0.6 is 15.9 Å². The molecule has 0 radical (unpaired) electrons. The number of allylic oxidation sites excluding steroid dienone is 1. The Morgan fingerprint density at radius 3 is 1.96 bits per heavy atom. The predicted octanol–water partition coefficient (Wildman–Crippen LogP) is 5.96. The lowest BCUT2D eigenvalue weighted by Gasteiger charge is -2.29. The van der Waals surface area contributed by atoms with E-state index in [1.807, 2.05) is 92.7 Å². The molecule has 140 valence electrons. The van der Waals surface area contributed by atoms with Gasteiger partial charge in [-0.25, -0.2) is 8.51 Å².